The van der Waals surface area contributed by atoms with E-state index in [-0.39, 0.29) is 41.4 Å². The molecule has 0 bridgehead atoms. The zero-order chi connectivity index (χ0) is 24.7. The largest absolute Gasteiger partial charge is 0.370 e. The molecular weight excluding hydrogens is 462 g/mol. The molecule has 0 unspecified atom stereocenters. The molecule has 3 aliphatic rings. The fourth-order valence-corrected chi connectivity index (χ4v) is 5.09. The number of aromatic nitrogens is 2. The van der Waals surface area contributed by atoms with Crippen molar-refractivity contribution in [1.82, 2.24) is 24.7 Å². The van der Waals surface area contributed by atoms with E-state index in [2.05, 4.69) is 5.10 Å². The van der Waals surface area contributed by atoms with Crippen LogP contribution in [-0.4, -0.2) is 87.9 Å². The average molecular weight is 488 g/mol. The Labute approximate surface area is 200 Å². The number of halogens is 2. The number of benzene rings is 1. The van der Waals surface area contributed by atoms with E-state index in [1.807, 2.05) is 5.01 Å². The first kappa shape index (κ1) is 23.4. The van der Waals surface area contributed by atoms with Crippen molar-refractivity contribution in [3.05, 3.63) is 46.8 Å². The molecule has 5 rings (SSSR count). The molecule has 0 radical (unpaired) electrons. The number of primary amides is 1. The maximum atomic E-state index is 13.7. The SMILES string of the molecule is NC(=O)c1nn(-c2ccc(C(F)F)cc2)c2c1CCN(C1CCN(N3CCOCC3=O)CC1)C2=O. The fraction of sp³-hybridized carbons (Fsp3) is 0.478. The minimum absolute atomic E-state index is 0.0200. The van der Waals surface area contributed by atoms with Crippen molar-refractivity contribution in [3.63, 3.8) is 0 Å². The number of piperidine rings is 1. The minimum Gasteiger partial charge on any atom is -0.370 e. The second kappa shape index (κ2) is 9.34. The Morgan fingerprint density at radius 1 is 1.09 bits per heavy atom. The van der Waals surface area contributed by atoms with E-state index in [1.54, 1.807) is 9.91 Å². The second-order valence-electron chi connectivity index (χ2n) is 8.85. The van der Waals surface area contributed by atoms with Crippen LogP contribution in [0.4, 0.5) is 8.78 Å². The van der Waals surface area contributed by atoms with Crippen molar-refractivity contribution < 1.29 is 27.9 Å². The molecule has 3 aliphatic heterocycles. The van der Waals surface area contributed by atoms with Crippen LogP contribution >= 0.6 is 0 Å². The van der Waals surface area contributed by atoms with Crippen LogP contribution in [0.2, 0.25) is 0 Å². The number of nitrogens with zero attached hydrogens (tertiary/aromatic N) is 5. The summed E-state index contributed by atoms with van der Waals surface area (Å²) in [6.45, 7) is 2.79. The molecule has 12 heteroatoms. The molecule has 2 saturated heterocycles. The van der Waals surface area contributed by atoms with Crippen LogP contribution in [0.1, 0.15) is 51.4 Å². The Morgan fingerprint density at radius 2 is 1.80 bits per heavy atom. The highest BCUT2D eigenvalue weighted by Crippen LogP contribution is 2.30. The van der Waals surface area contributed by atoms with Crippen LogP contribution in [0.25, 0.3) is 5.69 Å². The number of hydrazine groups is 1. The summed E-state index contributed by atoms with van der Waals surface area (Å²) in [4.78, 5) is 39.6. The standard InChI is InChI=1S/C23H26F2N6O4/c24-21(25)14-1-3-16(4-2-14)31-20-17(19(27-31)22(26)33)7-10-29(23(20)34)15-5-8-28(9-6-15)30-11-12-35-13-18(30)32/h1-4,15,21H,5-13H2,(H2,26,33). The van der Waals surface area contributed by atoms with Gasteiger partial charge in [0.25, 0.3) is 24.1 Å². The van der Waals surface area contributed by atoms with Crippen LogP contribution in [0, 0.1) is 0 Å². The lowest BCUT2D eigenvalue weighted by molar-refractivity contribution is -0.168. The molecule has 1 aromatic heterocycles. The smallest absolute Gasteiger partial charge is 0.273 e. The highest BCUT2D eigenvalue weighted by molar-refractivity contribution is 6.01. The number of morpholine rings is 1. The highest BCUT2D eigenvalue weighted by Gasteiger charge is 2.39. The Balaban J connectivity index is 1.38. The lowest BCUT2D eigenvalue weighted by atomic mass is 9.97. The molecule has 35 heavy (non-hydrogen) atoms. The Kier molecular flexibility index (Phi) is 6.24. The number of hydrogen-bond acceptors (Lipinski definition) is 6. The monoisotopic (exact) mass is 488 g/mol. The Morgan fingerprint density at radius 3 is 2.43 bits per heavy atom. The van der Waals surface area contributed by atoms with E-state index in [0.717, 1.165) is 0 Å². The van der Waals surface area contributed by atoms with Crippen molar-refractivity contribution in [2.24, 2.45) is 5.73 Å². The van der Waals surface area contributed by atoms with Crippen LogP contribution in [-0.2, 0) is 16.0 Å². The maximum absolute atomic E-state index is 13.7. The van der Waals surface area contributed by atoms with Gasteiger partial charge in [0.2, 0.25) is 0 Å². The van der Waals surface area contributed by atoms with Gasteiger partial charge in [-0.15, -0.1) is 0 Å². The average Bonchev–Trinajstić information content (AvgIpc) is 3.26. The lowest BCUT2D eigenvalue weighted by Gasteiger charge is -2.44. The molecule has 0 atom stereocenters. The third-order valence-electron chi connectivity index (χ3n) is 6.86. The normalized spacial score (nSPS) is 20.0. The molecule has 1 aromatic carbocycles. The molecule has 10 nitrogen and oxygen atoms in total. The van der Waals surface area contributed by atoms with Crippen LogP contribution < -0.4 is 5.73 Å². The number of fused-ring (bicyclic) bond motifs is 1. The first-order valence-corrected chi connectivity index (χ1v) is 11.6. The highest BCUT2D eigenvalue weighted by atomic mass is 19.3. The van der Waals surface area contributed by atoms with Crippen LogP contribution in [0.5, 0.6) is 0 Å². The summed E-state index contributed by atoms with van der Waals surface area (Å²) in [5, 5.41) is 8.03. The number of ether oxygens (including phenoxy) is 1. The number of rotatable bonds is 5. The van der Waals surface area contributed by atoms with E-state index in [1.165, 1.54) is 28.9 Å². The zero-order valence-corrected chi connectivity index (χ0v) is 19.0. The molecule has 4 heterocycles. The van der Waals surface area contributed by atoms with Gasteiger partial charge in [0.15, 0.2) is 5.69 Å². The van der Waals surface area contributed by atoms with Crippen molar-refractivity contribution in [3.8, 4) is 5.69 Å². The topological polar surface area (TPSA) is 114 Å². The lowest BCUT2D eigenvalue weighted by Crippen LogP contribution is -2.57. The number of hydrogen-bond donors (Lipinski definition) is 1. The third kappa shape index (κ3) is 4.27. The third-order valence-corrected chi connectivity index (χ3v) is 6.86. The fourth-order valence-electron chi connectivity index (χ4n) is 5.09. The van der Waals surface area contributed by atoms with Gasteiger partial charge in [0.1, 0.15) is 12.3 Å². The van der Waals surface area contributed by atoms with E-state index in [4.69, 9.17) is 10.5 Å². The van der Waals surface area contributed by atoms with E-state index in [0.29, 0.717) is 63.3 Å². The number of alkyl halides is 2. The number of carbonyl (C=O) groups excluding carboxylic acids is 3. The van der Waals surface area contributed by atoms with Gasteiger partial charge in [-0.05, 0) is 31.4 Å². The van der Waals surface area contributed by atoms with Gasteiger partial charge >= 0.3 is 0 Å². The Bertz CT molecular complexity index is 1140. The minimum atomic E-state index is -2.62. The van der Waals surface area contributed by atoms with E-state index >= 15 is 0 Å². The Hall–Kier alpha value is -3.38. The number of carbonyl (C=O) groups is 3. The molecule has 2 N–H and O–H groups in total. The summed E-state index contributed by atoms with van der Waals surface area (Å²) in [6.07, 6.45) is -0.832. The van der Waals surface area contributed by atoms with Crippen LogP contribution in [0.15, 0.2) is 24.3 Å². The van der Waals surface area contributed by atoms with Crippen molar-refractivity contribution in [2.45, 2.75) is 31.7 Å². The predicted octanol–water partition coefficient (Wildman–Crippen LogP) is 1.15. The second-order valence-corrected chi connectivity index (χ2v) is 8.85. The molecule has 2 aromatic rings. The van der Waals surface area contributed by atoms with Gasteiger partial charge in [0.05, 0.1) is 18.8 Å². The van der Waals surface area contributed by atoms with E-state index < -0.39 is 12.3 Å². The molecule has 2 fully saturated rings. The first-order chi connectivity index (χ1) is 16.8. The predicted molar refractivity (Wildman–Crippen MR) is 119 cm³/mol. The van der Waals surface area contributed by atoms with Crippen molar-refractivity contribution in [2.75, 3.05) is 39.4 Å². The van der Waals surface area contributed by atoms with Crippen molar-refractivity contribution in [1.29, 1.82) is 0 Å². The van der Waals surface area contributed by atoms with Crippen molar-refractivity contribution >= 4 is 17.7 Å². The first-order valence-electron chi connectivity index (χ1n) is 11.6. The van der Waals surface area contributed by atoms with Gasteiger partial charge in [-0.1, -0.05) is 12.1 Å². The molecule has 186 valence electrons. The summed E-state index contributed by atoms with van der Waals surface area (Å²) >= 11 is 0. The number of amides is 3. The van der Waals surface area contributed by atoms with E-state index in [9.17, 15) is 23.2 Å². The summed E-state index contributed by atoms with van der Waals surface area (Å²) in [7, 11) is 0. The summed E-state index contributed by atoms with van der Waals surface area (Å²) < 4.78 is 32.5. The summed E-state index contributed by atoms with van der Waals surface area (Å²) in [5.41, 5.74) is 6.51. The number of nitrogens with two attached hydrogens (primary N) is 1. The summed E-state index contributed by atoms with van der Waals surface area (Å²) in [6, 6.07) is 5.40. The van der Waals surface area contributed by atoms with Crippen LogP contribution in [0.3, 0.4) is 0 Å². The molecule has 0 spiro atoms. The van der Waals surface area contributed by atoms with Gasteiger partial charge < -0.3 is 15.4 Å². The quantitative estimate of drug-likeness (QED) is 0.676. The summed E-state index contributed by atoms with van der Waals surface area (Å²) in [5.74, 6) is -1.08. The van der Waals surface area contributed by atoms with Gasteiger partial charge in [0, 0.05) is 36.8 Å². The molecule has 0 saturated carbocycles. The molecular formula is C23H26F2N6O4. The molecule has 3 amide bonds. The maximum Gasteiger partial charge on any atom is 0.273 e. The van der Waals surface area contributed by atoms with Gasteiger partial charge in [-0.2, -0.15) is 5.10 Å². The zero-order valence-electron chi connectivity index (χ0n) is 19.0. The van der Waals surface area contributed by atoms with Gasteiger partial charge in [-0.3, -0.25) is 19.4 Å². The van der Waals surface area contributed by atoms with Gasteiger partial charge in [-0.25, -0.2) is 18.5 Å². The molecule has 0 aliphatic carbocycles.